The van der Waals surface area contributed by atoms with E-state index in [0.29, 0.717) is 11.5 Å². The van der Waals surface area contributed by atoms with Gasteiger partial charge in [-0.15, -0.1) is 10.2 Å². The molecule has 0 bridgehead atoms. The van der Waals surface area contributed by atoms with Crippen molar-refractivity contribution >= 4 is 16.3 Å². The number of hydrogen-bond donors (Lipinski definition) is 0. The quantitative estimate of drug-likeness (QED) is 0.566. The molecule has 0 N–H and O–H groups in total. The zero-order valence-electron chi connectivity index (χ0n) is 10.5. The molecule has 0 radical (unpaired) electrons. The SMILES string of the molecule is Cc1cc(-c2nnc3sc(-c4ccccc4)nn23)no1. The van der Waals surface area contributed by atoms with Gasteiger partial charge in [0.2, 0.25) is 10.8 Å². The van der Waals surface area contributed by atoms with Gasteiger partial charge >= 0.3 is 0 Å². The molecule has 6 nitrogen and oxygen atoms in total. The first-order chi connectivity index (χ1) is 9.81. The average molecular weight is 283 g/mol. The van der Waals surface area contributed by atoms with Gasteiger partial charge in [0, 0.05) is 11.6 Å². The van der Waals surface area contributed by atoms with E-state index in [4.69, 9.17) is 4.52 Å². The Kier molecular flexibility index (Phi) is 2.40. The topological polar surface area (TPSA) is 69.1 Å². The highest BCUT2D eigenvalue weighted by Crippen LogP contribution is 2.27. The molecule has 0 unspecified atom stereocenters. The largest absolute Gasteiger partial charge is 0.361 e. The second kappa shape index (κ2) is 4.24. The van der Waals surface area contributed by atoms with E-state index in [-0.39, 0.29) is 0 Å². The molecule has 0 spiro atoms. The highest BCUT2D eigenvalue weighted by molar-refractivity contribution is 7.19. The van der Waals surface area contributed by atoms with Crippen LogP contribution in [0.2, 0.25) is 0 Å². The van der Waals surface area contributed by atoms with Crippen LogP contribution in [0.15, 0.2) is 40.9 Å². The molecule has 0 fully saturated rings. The van der Waals surface area contributed by atoms with E-state index in [2.05, 4.69) is 20.5 Å². The van der Waals surface area contributed by atoms with Crippen LogP contribution in [0.5, 0.6) is 0 Å². The molecule has 0 amide bonds. The third-order valence-electron chi connectivity index (χ3n) is 2.87. The van der Waals surface area contributed by atoms with Crippen LogP contribution in [0.4, 0.5) is 0 Å². The van der Waals surface area contributed by atoms with E-state index >= 15 is 0 Å². The lowest BCUT2D eigenvalue weighted by atomic mass is 10.2. The van der Waals surface area contributed by atoms with Gasteiger partial charge in [-0.05, 0) is 6.92 Å². The molecule has 3 heterocycles. The van der Waals surface area contributed by atoms with E-state index in [0.717, 1.165) is 21.3 Å². The van der Waals surface area contributed by atoms with E-state index in [9.17, 15) is 0 Å². The lowest BCUT2D eigenvalue weighted by Crippen LogP contribution is -1.90. The Hall–Kier alpha value is -2.54. The van der Waals surface area contributed by atoms with Crippen molar-refractivity contribution in [3.8, 4) is 22.1 Å². The smallest absolute Gasteiger partial charge is 0.235 e. The summed E-state index contributed by atoms with van der Waals surface area (Å²) in [5.74, 6) is 1.32. The van der Waals surface area contributed by atoms with Gasteiger partial charge in [0.1, 0.15) is 10.8 Å². The summed E-state index contributed by atoms with van der Waals surface area (Å²) in [4.78, 5) is 0.736. The van der Waals surface area contributed by atoms with Gasteiger partial charge in [-0.1, -0.05) is 46.8 Å². The van der Waals surface area contributed by atoms with Gasteiger partial charge < -0.3 is 4.52 Å². The van der Waals surface area contributed by atoms with Crippen LogP contribution in [-0.4, -0.2) is 25.0 Å². The molecule has 3 aromatic heterocycles. The summed E-state index contributed by atoms with van der Waals surface area (Å²) in [7, 11) is 0. The Morgan fingerprint density at radius 3 is 2.75 bits per heavy atom. The minimum Gasteiger partial charge on any atom is -0.361 e. The molecule has 0 saturated carbocycles. The molecule has 4 aromatic rings. The van der Waals surface area contributed by atoms with Crippen LogP contribution in [0.1, 0.15) is 5.76 Å². The maximum atomic E-state index is 5.07. The maximum absolute atomic E-state index is 5.07. The maximum Gasteiger partial charge on any atom is 0.235 e. The Morgan fingerprint density at radius 2 is 2.00 bits per heavy atom. The third kappa shape index (κ3) is 1.71. The Balaban J connectivity index is 1.87. The highest BCUT2D eigenvalue weighted by atomic mass is 32.1. The van der Waals surface area contributed by atoms with Crippen molar-refractivity contribution in [3.05, 3.63) is 42.2 Å². The molecule has 20 heavy (non-hydrogen) atoms. The van der Waals surface area contributed by atoms with E-state index in [1.54, 1.807) is 4.52 Å². The molecule has 0 aliphatic heterocycles. The molecule has 7 heteroatoms. The fraction of sp³-hybridized carbons (Fsp3) is 0.0769. The van der Waals surface area contributed by atoms with Gasteiger partial charge in [0.15, 0.2) is 5.69 Å². The van der Waals surface area contributed by atoms with Crippen LogP contribution >= 0.6 is 11.3 Å². The predicted molar refractivity (Wildman–Crippen MR) is 74.3 cm³/mol. The van der Waals surface area contributed by atoms with Crippen molar-refractivity contribution in [1.82, 2.24) is 25.0 Å². The van der Waals surface area contributed by atoms with Crippen LogP contribution in [0.3, 0.4) is 0 Å². The van der Waals surface area contributed by atoms with Crippen LogP contribution in [0, 0.1) is 6.92 Å². The third-order valence-corrected chi connectivity index (χ3v) is 3.82. The molecule has 1 aromatic carbocycles. The average Bonchev–Trinajstić information content (AvgIpc) is 3.14. The van der Waals surface area contributed by atoms with E-state index in [1.807, 2.05) is 43.3 Å². The second-order valence-electron chi connectivity index (χ2n) is 4.31. The number of aromatic nitrogens is 5. The standard InChI is InChI=1S/C13H9N5OS/c1-8-7-10(17-19-8)11-14-15-13-18(11)16-12(20-13)9-5-3-2-4-6-9/h2-7H,1H3. The van der Waals surface area contributed by atoms with Crippen molar-refractivity contribution < 1.29 is 4.52 Å². The Labute approximate surface area is 117 Å². The number of nitrogens with zero attached hydrogens (tertiary/aromatic N) is 5. The van der Waals surface area contributed by atoms with Gasteiger partial charge in [-0.2, -0.15) is 9.61 Å². The normalized spacial score (nSPS) is 11.2. The van der Waals surface area contributed by atoms with Crippen LogP contribution < -0.4 is 0 Å². The van der Waals surface area contributed by atoms with Crippen LogP contribution in [-0.2, 0) is 0 Å². The first kappa shape index (κ1) is 11.3. The van der Waals surface area contributed by atoms with Gasteiger partial charge in [0.25, 0.3) is 0 Å². The molecular formula is C13H9N5OS. The van der Waals surface area contributed by atoms with Crippen LogP contribution in [0.25, 0.3) is 27.1 Å². The molecule has 0 aliphatic carbocycles. The van der Waals surface area contributed by atoms with Crippen molar-refractivity contribution in [2.24, 2.45) is 0 Å². The Morgan fingerprint density at radius 1 is 1.15 bits per heavy atom. The minimum absolute atomic E-state index is 0.593. The van der Waals surface area contributed by atoms with Crippen molar-refractivity contribution in [2.45, 2.75) is 6.92 Å². The number of rotatable bonds is 2. The van der Waals surface area contributed by atoms with Crippen molar-refractivity contribution in [3.63, 3.8) is 0 Å². The molecule has 4 rings (SSSR count). The van der Waals surface area contributed by atoms with Gasteiger partial charge in [-0.25, -0.2) is 0 Å². The summed E-state index contributed by atoms with van der Waals surface area (Å²) in [6.45, 7) is 1.84. The highest BCUT2D eigenvalue weighted by Gasteiger charge is 2.16. The fourth-order valence-electron chi connectivity index (χ4n) is 1.95. The van der Waals surface area contributed by atoms with Gasteiger partial charge in [-0.3, -0.25) is 0 Å². The molecular weight excluding hydrogens is 274 g/mol. The molecule has 0 saturated heterocycles. The molecule has 98 valence electrons. The molecule has 0 aliphatic rings. The van der Waals surface area contributed by atoms with E-state index in [1.165, 1.54) is 11.3 Å². The molecule has 0 atom stereocenters. The zero-order chi connectivity index (χ0) is 13.5. The fourth-order valence-corrected chi connectivity index (χ4v) is 2.79. The summed E-state index contributed by atoms with van der Waals surface area (Å²) in [5.41, 5.74) is 1.70. The first-order valence-electron chi connectivity index (χ1n) is 6.02. The van der Waals surface area contributed by atoms with Crippen molar-refractivity contribution in [2.75, 3.05) is 0 Å². The lowest BCUT2D eigenvalue weighted by Gasteiger charge is -1.92. The number of hydrogen-bond acceptors (Lipinski definition) is 6. The number of fused-ring (bicyclic) bond motifs is 1. The lowest BCUT2D eigenvalue weighted by molar-refractivity contribution is 0.399. The monoisotopic (exact) mass is 283 g/mol. The summed E-state index contributed by atoms with van der Waals surface area (Å²) < 4.78 is 6.77. The Bertz CT molecular complexity index is 877. The summed E-state index contributed by atoms with van der Waals surface area (Å²) >= 11 is 1.49. The minimum atomic E-state index is 0.593. The first-order valence-corrected chi connectivity index (χ1v) is 6.84. The number of aryl methyl sites for hydroxylation is 1. The summed E-state index contributed by atoms with van der Waals surface area (Å²) in [6, 6.07) is 11.8. The number of benzene rings is 1. The predicted octanol–water partition coefficient (Wildman–Crippen LogP) is 2.82. The summed E-state index contributed by atoms with van der Waals surface area (Å²) in [5, 5.41) is 17.7. The van der Waals surface area contributed by atoms with Crippen molar-refractivity contribution in [1.29, 1.82) is 0 Å². The second-order valence-corrected chi connectivity index (χ2v) is 5.27. The van der Waals surface area contributed by atoms with E-state index < -0.39 is 0 Å². The summed E-state index contributed by atoms with van der Waals surface area (Å²) in [6.07, 6.45) is 0. The zero-order valence-corrected chi connectivity index (χ0v) is 11.3. The van der Waals surface area contributed by atoms with Gasteiger partial charge in [0.05, 0.1) is 0 Å².